The Morgan fingerprint density at radius 2 is 0.948 bits per heavy atom. The van der Waals surface area contributed by atoms with Gasteiger partial charge in [0.25, 0.3) is 0 Å². The summed E-state index contributed by atoms with van der Waals surface area (Å²) in [5.41, 5.74) is 16.9. The molecule has 1 aliphatic rings. The maximum atomic E-state index is 5.36. The molecule has 0 aliphatic heterocycles. The molecule has 0 N–H and O–H groups in total. The molecule has 0 fully saturated rings. The fourth-order valence-corrected chi connectivity index (χ4v) is 9.91. The summed E-state index contributed by atoms with van der Waals surface area (Å²) in [7, 11) is 0. The van der Waals surface area contributed by atoms with Crippen molar-refractivity contribution in [3.8, 4) is 50.3 Å². The minimum atomic E-state index is -0.00897. The predicted molar refractivity (Wildman–Crippen MR) is 245 cm³/mol. The molecule has 0 amide bonds. The van der Waals surface area contributed by atoms with Gasteiger partial charge in [-0.3, -0.25) is 0 Å². The van der Waals surface area contributed by atoms with Crippen molar-refractivity contribution in [3.05, 3.63) is 205 Å². The molecule has 0 unspecified atom stereocenters. The van der Waals surface area contributed by atoms with Crippen LogP contribution in [0.4, 0.5) is 0 Å². The third-order valence-corrected chi connectivity index (χ3v) is 12.8. The van der Waals surface area contributed by atoms with Gasteiger partial charge < -0.3 is 4.57 Å². The van der Waals surface area contributed by atoms with Crippen LogP contribution in [0.1, 0.15) is 25.0 Å². The minimum absolute atomic E-state index is 0.00897. The van der Waals surface area contributed by atoms with E-state index in [1.807, 2.05) is 0 Å². The number of rotatable bonds is 4. The fraction of sp³-hybridized carbons (Fsp3) is 0.0536. The van der Waals surface area contributed by atoms with Crippen molar-refractivity contribution in [2.75, 3.05) is 0 Å². The fourth-order valence-electron chi connectivity index (χ4n) is 9.91. The topological polar surface area (TPSA) is 17.8 Å². The number of hydrogen-bond acceptors (Lipinski definition) is 1. The molecule has 12 rings (SSSR count). The first kappa shape index (κ1) is 32.9. The van der Waals surface area contributed by atoms with Crippen LogP contribution in [0.2, 0.25) is 0 Å². The molecule has 2 aromatic heterocycles. The van der Waals surface area contributed by atoms with Gasteiger partial charge in [0, 0.05) is 38.2 Å². The molecule has 9 aromatic carbocycles. The highest BCUT2D eigenvalue weighted by molar-refractivity contribution is 6.24. The monoisotopic (exact) mass is 738 g/mol. The molecule has 0 bridgehead atoms. The predicted octanol–water partition coefficient (Wildman–Crippen LogP) is 14.9. The number of pyridine rings is 1. The maximum absolute atomic E-state index is 5.36. The summed E-state index contributed by atoms with van der Waals surface area (Å²) in [5.74, 6) is 0. The Bertz CT molecular complexity index is 3440. The first-order chi connectivity index (χ1) is 28.5. The molecule has 0 atom stereocenters. The molecule has 2 heteroatoms. The van der Waals surface area contributed by atoms with Crippen LogP contribution in [-0.4, -0.2) is 9.55 Å². The molecule has 2 heterocycles. The van der Waals surface area contributed by atoms with Crippen molar-refractivity contribution in [3.63, 3.8) is 0 Å². The minimum Gasteiger partial charge on any atom is -0.309 e. The van der Waals surface area contributed by atoms with Crippen LogP contribution < -0.4 is 0 Å². The number of hydrogen-bond donors (Lipinski definition) is 0. The molecule has 0 spiro atoms. The van der Waals surface area contributed by atoms with E-state index in [0.29, 0.717) is 0 Å². The molecule has 0 saturated carbocycles. The first-order valence-electron chi connectivity index (χ1n) is 20.2. The van der Waals surface area contributed by atoms with Gasteiger partial charge in [0.1, 0.15) is 0 Å². The zero-order chi connectivity index (χ0) is 38.5. The van der Waals surface area contributed by atoms with E-state index in [0.717, 1.165) is 28.0 Å². The molecule has 58 heavy (non-hydrogen) atoms. The SMILES string of the molecule is CC1(C)c2ccccc2-c2cc(-c3ccc4c(c3)c3ccc(-c5cccc(-c6ccc7c8ccccc8c8ccccc8c7n6)c5)cc3n4-c3ccccc3)ccc21. The average molecular weight is 739 g/mol. The Hall–Kier alpha value is -7.29. The summed E-state index contributed by atoms with van der Waals surface area (Å²) in [6, 6.07) is 71.3. The second kappa shape index (κ2) is 12.4. The second-order valence-corrected chi connectivity index (χ2v) is 16.3. The van der Waals surface area contributed by atoms with Crippen molar-refractivity contribution in [1.29, 1.82) is 0 Å². The van der Waals surface area contributed by atoms with Gasteiger partial charge in [-0.15, -0.1) is 0 Å². The second-order valence-electron chi connectivity index (χ2n) is 16.3. The van der Waals surface area contributed by atoms with Crippen LogP contribution in [0.5, 0.6) is 0 Å². The van der Waals surface area contributed by atoms with Crippen LogP contribution >= 0.6 is 0 Å². The van der Waals surface area contributed by atoms with Crippen LogP contribution in [0.25, 0.3) is 105 Å². The maximum Gasteiger partial charge on any atom is 0.0794 e. The van der Waals surface area contributed by atoms with Gasteiger partial charge in [0.2, 0.25) is 0 Å². The van der Waals surface area contributed by atoms with Crippen molar-refractivity contribution in [2.24, 2.45) is 0 Å². The van der Waals surface area contributed by atoms with Crippen LogP contribution in [0.15, 0.2) is 194 Å². The summed E-state index contributed by atoms with van der Waals surface area (Å²) in [6.07, 6.45) is 0. The number of aromatic nitrogens is 2. The summed E-state index contributed by atoms with van der Waals surface area (Å²) in [6.45, 7) is 4.69. The highest BCUT2D eigenvalue weighted by atomic mass is 15.0. The molecule has 0 saturated heterocycles. The largest absolute Gasteiger partial charge is 0.309 e. The van der Waals surface area contributed by atoms with Crippen molar-refractivity contribution in [2.45, 2.75) is 19.3 Å². The highest BCUT2D eigenvalue weighted by Crippen LogP contribution is 2.50. The van der Waals surface area contributed by atoms with E-state index in [-0.39, 0.29) is 5.41 Å². The first-order valence-corrected chi connectivity index (χ1v) is 20.2. The smallest absolute Gasteiger partial charge is 0.0794 e. The number of fused-ring (bicyclic) bond motifs is 12. The Morgan fingerprint density at radius 3 is 1.78 bits per heavy atom. The van der Waals surface area contributed by atoms with E-state index in [9.17, 15) is 0 Å². The van der Waals surface area contributed by atoms with Gasteiger partial charge in [-0.2, -0.15) is 0 Å². The Kier molecular flexibility index (Phi) is 7.01. The lowest BCUT2D eigenvalue weighted by Gasteiger charge is -2.21. The van der Waals surface area contributed by atoms with Gasteiger partial charge in [-0.25, -0.2) is 4.98 Å². The van der Waals surface area contributed by atoms with Gasteiger partial charge in [0.15, 0.2) is 0 Å². The van der Waals surface area contributed by atoms with E-state index in [1.165, 1.54) is 87.7 Å². The molecule has 11 aromatic rings. The zero-order valence-corrected chi connectivity index (χ0v) is 32.4. The third kappa shape index (κ3) is 4.82. The van der Waals surface area contributed by atoms with Gasteiger partial charge in [-0.1, -0.05) is 153 Å². The third-order valence-electron chi connectivity index (χ3n) is 12.8. The van der Waals surface area contributed by atoms with Crippen molar-refractivity contribution < 1.29 is 0 Å². The van der Waals surface area contributed by atoms with Crippen LogP contribution in [0, 0.1) is 0 Å². The Balaban J connectivity index is 0.991. The van der Waals surface area contributed by atoms with E-state index < -0.39 is 0 Å². The van der Waals surface area contributed by atoms with E-state index in [4.69, 9.17) is 4.98 Å². The highest BCUT2D eigenvalue weighted by Gasteiger charge is 2.35. The lowest BCUT2D eigenvalue weighted by Crippen LogP contribution is -2.14. The molecule has 272 valence electrons. The van der Waals surface area contributed by atoms with Crippen LogP contribution in [-0.2, 0) is 5.41 Å². The van der Waals surface area contributed by atoms with E-state index >= 15 is 0 Å². The van der Waals surface area contributed by atoms with Gasteiger partial charge >= 0.3 is 0 Å². The quantitative estimate of drug-likeness (QED) is 0.164. The molecule has 2 nitrogen and oxygen atoms in total. The number of benzene rings is 9. The standard InChI is InChI=1S/C56H38N2/c1-56(2)50-22-11-10-20-44(50)48-32-36(24-28-51(48)56)37-25-30-53-49(33-37)45-26-23-38(34-54(45)58(53)40-15-4-3-5-16-40)35-13-12-14-39(31-35)52-29-27-47-43-19-7-6-17-41(43)42-18-8-9-21-46(42)55(47)57-52/h3-34H,1-2H3. The lowest BCUT2D eigenvalue weighted by molar-refractivity contribution is 0.660. The Morgan fingerprint density at radius 1 is 0.362 bits per heavy atom. The van der Waals surface area contributed by atoms with E-state index in [2.05, 4.69) is 213 Å². The van der Waals surface area contributed by atoms with Gasteiger partial charge in [-0.05, 0) is 115 Å². The van der Waals surface area contributed by atoms with Crippen LogP contribution in [0.3, 0.4) is 0 Å². The zero-order valence-electron chi connectivity index (χ0n) is 32.4. The van der Waals surface area contributed by atoms with Crippen molar-refractivity contribution >= 4 is 54.3 Å². The molecule has 1 aliphatic carbocycles. The molecular formula is C56H38N2. The number of nitrogens with zero attached hydrogens (tertiary/aromatic N) is 2. The molecule has 0 radical (unpaired) electrons. The summed E-state index contributed by atoms with van der Waals surface area (Å²) >= 11 is 0. The summed E-state index contributed by atoms with van der Waals surface area (Å²) in [5, 5.41) is 8.59. The summed E-state index contributed by atoms with van der Waals surface area (Å²) < 4.78 is 2.42. The lowest BCUT2D eigenvalue weighted by atomic mass is 9.82. The normalized spacial score (nSPS) is 13.1. The van der Waals surface area contributed by atoms with E-state index in [1.54, 1.807) is 0 Å². The number of para-hydroxylation sites is 1. The summed E-state index contributed by atoms with van der Waals surface area (Å²) in [4.78, 5) is 5.36. The van der Waals surface area contributed by atoms with Gasteiger partial charge in [0.05, 0.1) is 22.2 Å². The molecular weight excluding hydrogens is 701 g/mol. The Labute approximate surface area is 337 Å². The van der Waals surface area contributed by atoms with Crippen molar-refractivity contribution in [1.82, 2.24) is 9.55 Å². The average Bonchev–Trinajstić information content (AvgIpc) is 3.73.